The zero-order chi connectivity index (χ0) is 21.1. The second kappa shape index (κ2) is 8.44. The summed E-state index contributed by atoms with van der Waals surface area (Å²) in [5.74, 6) is -2.14. The number of thioether (sulfide) groups is 1. The van der Waals surface area contributed by atoms with Gasteiger partial charge in [0.05, 0.1) is 28.3 Å². The molecule has 1 aromatic heterocycles. The normalized spacial score (nSPS) is 23.9. The van der Waals surface area contributed by atoms with Gasteiger partial charge in [-0.1, -0.05) is 29.8 Å². The smallest absolute Gasteiger partial charge is 0.548 e. The van der Waals surface area contributed by atoms with Crippen molar-refractivity contribution in [1.29, 1.82) is 0 Å². The number of nitrogens with one attached hydrogen (secondary N) is 1. The van der Waals surface area contributed by atoms with Crippen molar-refractivity contribution in [1.82, 2.24) is 14.6 Å². The van der Waals surface area contributed by atoms with Crippen LogP contribution in [0.1, 0.15) is 29.1 Å². The zero-order valence-electron chi connectivity index (χ0n) is 16.8. The van der Waals surface area contributed by atoms with Crippen molar-refractivity contribution in [3.8, 4) is 11.3 Å². The van der Waals surface area contributed by atoms with Crippen molar-refractivity contribution in [2.75, 3.05) is 0 Å². The molecule has 2 amide bonds. The van der Waals surface area contributed by atoms with Crippen LogP contribution in [0.4, 0.5) is 0 Å². The molecule has 0 unspecified atom stereocenters. The molecule has 0 radical (unpaired) electrons. The third kappa shape index (κ3) is 3.69. The van der Waals surface area contributed by atoms with Gasteiger partial charge in [-0.2, -0.15) is 4.37 Å². The fraction of sp³-hybridized carbons (Fsp3) is 0.368. The van der Waals surface area contributed by atoms with E-state index < -0.39 is 40.0 Å². The van der Waals surface area contributed by atoms with Crippen LogP contribution in [-0.4, -0.2) is 49.3 Å². The molecular formula is C19H17ClN3NaO4S2. The zero-order valence-corrected chi connectivity index (χ0v) is 21.2. The molecule has 7 nitrogen and oxygen atoms in total. The molecule has 0 spiro atoms. The van der Waals surface area contributed by atoms with Gasteiger partial charge in [-0.05, 0) is 38.4 Å². The number of carboxylic acid groups (broad SMARTS) is 1. The summed E-state index contributed by atoms with van der Waals surface area (Å²) in [7, 11) is 0. The van der Waals surface area contributed by atoms with Gasteiger partial charge in [-0.15, -0.1) is 11.8 Å². The first-order valence-electron chi connectivity index (χ1n) is 8.86. The molecule has 3 heterocycles. The number of carbonyl (C=O) groups is 3. The van der Waals surface area contributed by atoms with Gasteiger partial charge in [-0.25, -0.2) is 0 Å². The molecule has 0 bridgehead atoms. The third-order valence-electron chi connectivity index (χ3n) is 5.17. The molecule has 0 saturated carbocycles. The molecule has 4 rings (SSSR count). The number of hydrogen-bond acceptors (Lipinski definition) is 7. The first kappa shape index (κ1) is 23.6. The topological polar surface area (TPSA) is 102 Å². The van der Waals surface area contributed by atoms with Gasteiger partial charge in [0, 0.05) is 15.2 Å². The maximum Gasteiger partial charge on any atom is 1.00 e. The molecule has 3 atom stereocenters. The Morgan fingerprint density at radius 1 is 1.30 bits per heavy atom. The van der Waals surface area contributed by atoms with E-state index in [2.05, 4.69) is 9.69 Å². The number of aromatic nitrogens is 1. The fourth-order valence-electron chi connectivity index (χ4n) is 3.82. The second-order valence-electron chi connectivity index (χ2n) is 7.47. The molecule has 2 aromatic rings. The SMILES string of the molecule is Cc1snc(-c2ccccc2Cl)c1C(=O)N[C@@H]1C(=O)N2[C@@H]1SC(C)(C)[C@@H]2C(=O)[O-].[Na+]. The molecule has 0 aliphatic carbocycles. The van der Waals surface area contributed by atoms with Gasteiger partial charge < -0.3 is 20.1 Å². The molecule has 2 fully saturated rings. The number of fused-ring (bicyclic) bond motifs is 1. The summed E-state index contributed by atoms with van der Waals surface area (Å²) in [6, 6.07) is 5.28. The minimum Gasteiger partial charge on any atom is -0.548 e. The number of carbonyl (C=O) groups excluding carboxylic acids is 3. The molecule has 2 aliphatic heterocycles. The molecule has 152 valence electrons. The number of amides is 2. The quantitative estimate of drug-likeness (QED) is 0.437. The number of halogens is 1. The number of aliphatic carboxylic acids is 1. The predicted octanol–water partition coefficient (Wildman–Crippen LogP) is -1.31. The first-order chi connectivity index (χ1) is 13.6. The summed E-state index contributed by atoms with van der Waals surface area (Å²) < 4.78 is 3.67. The van der Waals surface area contributed by atoms with E-state index in [0.29, 0.717) is 26.7 Å². The fourth-order valence-corrected chi connectivity index (χ4v) is 6.36. The van der Waals surface area contributed by atoms with Crippen LogP contribution in [0.2, 0.25) is 5.02 Å². The number of carboxylic acids is 1. The summed E-state index contributed by atoms with van der Waals surface area (Å²) in [4.78, 5) is 39.2. The van der Waals surface area contributed by atoms with Crippen molar-refractivity contribution < 1.29 is 49.0 Å². The van der Waals surface area contributed by atoms with Crippen LogP contribution in [0.5, 0.6) is 0 Å². The van der Waals surface area contributed by atoms with Crippen molar-refractivity contribution >= 4 is 52.7 Å². The van der Waals surface area contributed by atoms with Crippen LogP contribution in [0.25, 0.3) is 11.3 Å². The number of nitrogens with zero attached hydrogens (tertiary/aromatic N) is 2. The first-order valence-corrected chi connectivity index (χ1v) is 10.9. The Hall–Kier alpha value is -1.10. The van der Waals surface area contributed by atoms with Crippen LogP contribution in [-0.2, 0) is 9.59 Å². The molecule has 1 N–H and O–H groups in total. The summed E-state index contributed by atoms with van der Waals surface area (Å²) in [5.41, 5.74) is 1.47. The van der Waals surface area contributed by atoms with Crippen LogP contribution < -0.4 is 40.0 Å². The van der Waals surface area contributed by atoms with E-state index in [1.165, 1.54) is 28.2 Å². The average molecular weight is 474 g/mol. The van der Waals surface area contributed by atoms with Crippen molar-refractivity contribution in [2.45, 2.75) is 43.0 Å². The van der Waals surface area contributed by atoms with E-state index in [1.54, 1.807) is 39.0 Å². The van der Waals surface area contributed by atoms with Crippen LogP contribution in [0.15, 0.2) is 24.3 Å². The number of benzene rings is 1. The molecular weight excluding hydrogens is 457 g/mol. The van der Waals surface area contributed by atoms with Crippen LogP contribution >= 0.6 is 34.9 Å². The number of hydrogen-bond donors (Lipinski definition) is 1. The van der Waals surface area contributed by atoms with Crippen LogP contribution in [0.3, 0.4) is 0 Å². The van der Waals surface area contributed by atoms with E-state index in [0.717, 1.165) is 0 Å². The van der Waals surface area contributed by atoms with Crippen LogP contribution in [0, 0.1) is 6.92 Å². The standard InChI is InChI=1S/C19H18ClN3O4S2.Na/c1-8-11(12(22-29-8)9-6-4-5-7-10(9)20)15(24)21-13-16(25)23-14(18(26)27)19(2,3)28-17(13)23;/h4-7,13-14,17H,1-3H3,(H,21,24)(H,26,27);/q;+1/p-1/t13-,14+,17-;/m1./s1. The van der Waals surface area contributed by atoms with E-state index in [-0.39, 0.29) is 29.6 Å². The summed E-state index contributed by atoms with van der Waals surface area (Å²) in [6.45, 7) is 5.29. The van der Waals surface area contributed by atoms with E-state index >= 15 is 0 Å². The number of β-lactam (4-membered cyclic amide) rings is 1. The molecule has 2 aliphatic rings. The van der Waals surface area contributed by atoms with Gasteiger partial charge in [0.25, 0.3) is 5.91 Å². The Balaban J connectivity index is 0.00000256. The van der Waals surface area contributed by atoms with Gasteiger partial charge in [-0.3, -0.25) is 9.59 Å². The minimum absolute atomic E-state index is 0. The van der Waals surface area contributed by atoms with Gasteiger partial charge >= 0.3 is 29.6 Å². The van der Waals surface area contributed by atoms with Crippen molar-refractivity contribution in [3.05, 3.63) is 39.7 Å². The molecule has 2 saturated heterocycles. The molecule has 11 heteroatoms. The van der Waals surface area contributed by atoms with Gasteiger partial charge in [0.2, 0.25) is 5.91 Å². The second-order valence-corrected chi connectivity index (χ2v) is 10.6. The van der Waals surface area contributed by atoms with Crippen molar-refractivity contribution in [3.63, 3.8) is 0 Å². The van der Waals surface area contributed by atoms with E-state index in [4.69, 9.17) is 11.6 Å². The van der Waals surface area contributed by atoms with Gasteiger partial charge in [0.1, 0.15) is 11.4 Å². The Bertz CT molecular complexity index is 1040. The van der Waals surface area contributed by atoms with Crippen molar-refractivity contribution in [2.24, 2.45) is 0 Å². The Kier molecular flexibility index (Phi) is 6.63. The average Bonchev–Trinajstić information content (AvgIpc) is 3.15. The van der Waals surface area contributed by atoms with Gasteiger partial charge in [0.15, 0.2) is 0 Å². The monoisotopic (exact) mass is 473 g/mol. The molecule has 30 heavy (non-hydrogen) atoms. The minimum atomic E-state index is -1.29. The molecule has 1 aromatic carbocycles. The Morgan fingerprint density at radius 3 is 2.60 bits per heavy atom. The number of aryl methyl sites for hydroxylation is 1. The summed E-state index contributed by atoms with van der Waals surface area (Å²) in [5, 5.41) is 14.3. The summed E-state index contributed by atoms with van der Waals surface area (Å²) >= 11 is 8.80. The Labute approximate surface area is 209 Å². The Morgan fingerprint density at radius 2 is 1.97 bits per heavy atom. The van der Waals surface area contributed by atoms with E-state index in [1.807, 2.05) is 6.07 Å². The maximum atomic E-state index is 13.0. The largest absolute Gasteiger partial charge is 1.00 e. The predicted molar refractivity (Wildman–Crippen MR) is 110 cm³/mol. The van der Waals surface area contributed by atoms with E-state index in [9.17, 15) is 19.5 Å². The number of rotatable bonds is 4. The third-order valence-corrected chi connectivity index (χ3v) is 7.82. The summed E-state index contributed by atoms with van der Waals surface area (Å²) in [6.07, 6.45) is 0. The maximum absolute atomic E-state index is 13.0.